The van der Waals surface area contributed by atoms with Gasteiger partial charge in [-0.2, -0.15) is 0 Å². The molecule has 2 nitrogen and oxygen atoms in total. The van der Waals surface area contributed by atoms with Gasteiger partial charge >= 0.3 is 29.6 Å². The first kappa shape index (κ1) is 10.8. The SMILES string of the molecule is [Na+].[O-]C(=S)[C@H]1CCCCO1. The fourth-order valence-electron chi connectivity index (χ4n) is 0.927. The fraction of sp³-hybridized carbons (Fsp3) is 0.833. The molecule has 1 aliphatic rings. The summed E-state index contributed by atoms with van der Waals surface area (Å²) >= 11 is 4.43. The van der Waals surface area contributed by atoms with Gasteiger partial charge in [0.15, 0.2) is 0 Å². The minimum atomic E-state index is -0.270. The van der Waals surface area contributed by atoms with Crippen LogP contribution in [0.3, 0.4) is 0 Å². The predicted molar refractivity (Wildman–Crippen MR) is 36.2 cm³/mol. The molecule has 1 atom stereocenters. The summed E-state index contributed by atoms with van der Waals surface area (Å²) < 4.78 is 5.09. The van der Waals surface area contributed by atoms with Gasteiger partial charge in [-0.1, -0.05) is 12.2 Å². The monoisotopic (exact) mass is 168 g/mol. The maximum absolute atomic E-state index is 10.5. The topological polar surface area (TPSA) is 32.3 Å². The zero-order chi connectivity index (χ0) is 6.69. The third-order valence-corrected chi connectivity index (χ3v) is 1.71. The Kier molecular flexibility index (Phi) is 5.96. The van der Waals surface area contributed by atoms with Crippen molar-refractivity contribution >= 4 is 17.3 Å². The van der Waals surface area contributed by atoms with Crippen LogP contribution in [-0.2, 0) is 4.74 Å². The molecule has 1 fully saturated rings. The largest absolute Gasteiger partial charge is 1.00 e. The van der Waals surface area contributed by atoms with Crippen LogP contribution in [0.25, 0.3) is 0 Å². The summed E-state index contributed by atoms with van der Waals surface area (Å²) in [6, 6.07) is 0. The molecule has 0 aromatic rings. The van der Waals surface area contributed by atoms with E-state index in [0.29, 0.717) is 6.61 Å². The molecular weight excluding hydrogens is 159 g/mol. The van der Waals surface area contributed by atoms with E-state index < -0.39 is 0 Å². The predicted octanol–water partition coefficient (Wildman–Crippen LogP) is -2.75. The Morgan fingerprint density at radius 3 is 2.50 bits per heavy atom. The van der Waals surface area contributed by atoms with Gasteiger partial charge in [-0.05, 0) is 24.3 Å². The van der Waals surface area contributed by atoms with E-state index in [1.54, 1.807) is 0 Å². The van der Waals surface area contributed by atoms with E-state index in [1.165, 1.54) is 0 Å². The fourth-order valence-corrected chi connectivity index (χ4v) is 1.11. The molecule has 1 rings (SSSR count). The maximum Gasteiger partial charge on any atom is 1.00 e. The average Bonchev–Trinajstić information content (AvgIpc) is 1.90. The van der Waals surface area contributed by atoms with Crippen LogP contribution in [0.4, 0.5) is 0 Å². The molecule has 52 valence electrons. The molecule has 0 unspecified atom stereocenters. The molecule has 0 aliphatic carbocycles. The van der Waals surface area contributed by atoms with Crippen molar-refractivity contribution in [1.82, 2.24) is 0 Å². The van der Waals surface area contributed by atoms with Crippen molar-refractivity contribution in [1.29, 1.82) is 0 Å². The number of hydrogen-bond acceptors (Lipinski definition) is 3. The Hall–Kier alpha value is 0.850. The molecule has 10 heavy (non-hydrogen) atoms. The maximum atomic E-state index is 10.5. The van der Waals surface area contributed by atoms with Crippen LogP contribution in [0.1, 0.15) is 19.3 Å². The molecule has 1 aliphatic heterocycles. The third kappa shape index (κ3) is 3.30. The van der Waals surface area contributed by atoms with Crippen molar-refractivity contribution in [2.24, 2.45) is 0 Å². The minimum Gasteiger partial charge on any atom is -0.866 e. The molecule has 0 radical (unpaired) electrons. The van der Waals surface area contributed by atoms with Gasteiger partial charge < -0.3 is 9.84 Å². The Balaban J connectivity index is 0.000000810. The van der Waals surface area contributed by atoms with Crippen molar-refractivity contribution in [2.45, 2.75) is 25.4 Å². The van der Waals surface area contributed by atoms with Gasteiger partial charge in [0.2, 0.25) is 0 Å². The van der Waals surface area contributed by atoms with Gasteiger partial charge in [-0.3, -0.25) is 0 Å². The van der Waals surface area contributed by atoms with Crippen LogP contribution in [0, 0.1) is 0 Å². The number of hydrogen-bond donors (Lipinski definition) is 0. The zero-order valence-electron chi connectivity index (χ0n) is 6.13. The molecule has 0 aromatic heterocycles. The summed E-state index contributed by atoms with van der Waals surface area (Å²) in [5, 5.41) is 10.2. The standard InChI is InChI=1S/C6H10O2S.Na/c7-6(9)5-3-1-2-4-8-5;/h5H,1-4H2,(H,7,9);/q;+1/p-1/t5-;/m1./s1. The van der Waals surface area contributed by atoms with Gasteiger partial charge in [0.25, 0.3) is 0 Å². The summed E-state index contributed by atoms with van der Waals surface area (Å²) in [6.07, 6.45) is 2.70. The normalized spacial score (nSPS) is 25.0. The van der Waals surface area contributed by atoms with Crippen molar-refractivity contribution in [3.8, 4) is 0 Å². The quantitative estimate of drug-likeness (QED) is 0.314. The molecule has 1 saturated heterocycles. The van der Waals surface area contributed by atoms with E-state index in [9.17, 15) is 5.11 Å². The van der Waals surface area contributed by atoms with Gasteiger partial charge in [-0.25, -0.2) is 0 Å². The van der Waals surface area contributed by atoms with Crippen molar-refractivity contribution in [2.75, 3.05) is 6.61 Å². The van der Waals surface area contributed by atoms with E-state index in [-0.39, 0.29) is 40.7 Å². The second-order valence-electron chi connectivity index (χ2n) is 2.17. The Bertz CT molecular complexity index is 112. The van der Waals surface area contributed by atoms with Gasteiger partial charge in [0, 0.05) is 6.61 Å². The smallest absolute Gasteiger partial charge is 0.866 e. The summed E-state index contributed by atoms with van der Waals surface area (Å²) in [6.45, 7) is 0.701. The number of ether oxygens (including phenoxy) is 1. The van der Waals surface area contributed by atoms with Crippen LogP contribution < -0.4 is 34.7 Å². The van der Waals surface area contributed by atoms with E-state index >= 15 is 0 Å². The summed E-state index contributed by atoms with van der Waals surface area (Å²) in [4.78, 5) is 0. The van der Waals surface area contributed by atoms with Crippen LogP contribution in [0.5, 0.6) is 0 Å². The second-order valence-corrected chi connectivity index (χ2v) is 2.58. The molecule has 0 bridgehead atoms. The van der Waals surface area contributed by atoms with E-state index in [2.05, 4.69) is 12.2 Å². The van der Waals surface area contributed by atoms with Crippen molar-refractivity contribution < 1.29 is 39.4 Å². The minimum absolute atomic E-state index is 0. The molecule has 0 amide bonds. The molecule has 0 N–H and O–H groups in total. The Labute approximate surface area is 88.2 Å². The zero-order valence-corrected chi connectivity index (χ0v) is 8.95. The summed E-state index contributed by atoms with van der Waals surface area (Å²) in [7, 11) is 0. The molecule has 0 aromatic carbocycles. The molecule has 1 heterocycles. The number of rotatable bonds is 1. The average molecular weight is 168 g/mol. The molecule has 0 spiro atoms. The first-order chi connectivity index (χ1) is 4.30. The van der Waals surface area contributed by atoms with Crippen molar-refractivity contribution in [3.63, 3.8) is 0 Å². The molecular formula is C6H9NaO2S. The van der Waals surface area contributed by atoms with Gasteiger partial charge in [-0.15, -0.1) is 0 Å². The van der Waals surface area contributed by atoms with Gasteiger partial charge in [0.05, 0.1) is 6.10 Å². The second kappa shape index (κ2) is 5.49. The third-order valence-electron chi connectivity index (χ3n) is 1.44. The van der Waals surface area contributed by atoms with E-state index in [4.69, 9.17) is 4.74 Å². The Morgan fingerprint density at radius 1 is 1.50 bits per heavy atom. The summed E-state index contributed by atoms with van der Waals surface area (Å²) in [5.41, 5.74) is 0. The molecule has 0 saturated carbocycles. The van der Waals surface area contributed by atoms with E-state index in [0.717, 1.165) is 19.3 Å². The van der Waals surface area contributed by atoms with Crippen molar-refractivity contribution in [3.05, 3.63) is 0 Å². The van der Waals surface area contributed by atoms with Gasteiger partial charge in [0.1, 0.15) is 0 Å². The van der Waals surface area contributed by atoms with Crippen LogP contribution in [0.15, 0.2) is 0 Å². The van der Waals surface area contributed by atoms with Crippen LogP contribution in [-0.4, -0.2) is 17.8 Å². The van der Waals surface area contributed by atoms with Crippen LogP contribution >= 0.6 is 12.2 Å². The summed E-state index contributed by atoms with van der Waals surface area (Å²) in [5.74, 6) is 0. The Morgan fingerprint density at radius 2 is 2.20 bits per heavy atom. The van der Waals surface area contributed by atoms with Crippen LogP contribution in [0.2, 0.25) is 0 Å². The van der Waals surface area contributed by atoms with E-state index in [1.807, 2.05) is 0 Å². The molecule has 4 heteroatoms. The first-order valence-corrected chi connectivity index (χ1v) is 3.54. The first-order valence-electron chi connectivity index (χ1n) is 3.13. The number of thiocarbonyl (C=S) groups is 1.